The molecule has 2 atom stereocenters. The Balaban J connectivity index is 2.56. The third kappa shape index (κ3) is 5.61. The Hall–Kier alpha value is -2.57. The van der Waals surface area contributed by atoms with Crippen LogP contribution in [0.15, 0.2) is 24.3 Å². The lowest BCUT2D eigenvalue weighted by Crippen LogP contribution is -2.47. The van der Waals surface area contributed by atoms with Gasteiger partial charge in [-0.05, 0) is 30.2 Å². The lowest BCUT2D eigenvalue weighted by atomic mass is 9.99. The van der Waals surface area contributed by atoms with Crippen molar-refractivity contribution in [1.29, 1.82) is 0 Å². The SMILES string of the molecule is CC[C@@H](C)[C@@H](NC(=O)COC(=O)c1ccc(N)cc1)C(=O)OC. The van der Waals surface area contributed by atoms with E-state index in [1.165, 1.54) is 19.2 Å². The Morgan fingerprint density at radius 3 is 2.35 bits per heavy atom. The van der Waals surface area contributed by atoms with Crippen molar-refractivity contribution in [1.82, 2.24) is 5.32 Å². The molecule has 0 bridgehead atoms. The predicted octanol–water partition coefficient (Wildman–Crippen LogP) is 1.13. The Bertz CT molecular complexity index is 556. The number of benzene rings is 1. The zero-order valence-electron chi connectivity index (χ0n) is 13.5. The molecular formula is C16H22N2O5. The summed E-state index contributed by atoms with van der Waals surface area (Å²) in [5.41, 5.74) is 6.34. The van der Waals surface area contributed by atoms with E-state index in [2.05, 4.69) is 10.1 Å². The first kappa shape index (κ1) is 18.5. The maximum Gasteiger partial charge on any atom is 0.338 e. The highest BCUT2D eigenvalue weighted by atomic mass is 16.5. The molecule has 0 fully saturated rings. The average Bonchev–Trinajstić information content (AvgIpc) is 2.56. The molecular weight excluding hydrogens is 300 g/mol. The van der Waals surface area contributed by atoms with Gasteiger partial charge in [0.05, 0.1) is 12.7 Å². The average molecular weight is 322 g/mol. The van der Waals surface area contributed by atoms with Gasteiger partial charge >= 0.3 is 11.9 Å². The number of methoxy groups -OCH3 is 1. The number of carbonyl (C=O) groups excluding carboxylic acids is 3. The van der Waals surface area contributed by atoms with Crippen LogP contribution in [0.2, 0.25) is 0 Å². The van der Waals surface area contributed by atoms with Gasteiger partial charge in [0, 0.05) is 5.69 Å². The first-order chi connectivity index (χ1) is 10.9. The van der Waals surface area contributed by atoms with Gasteiger partial charge < -0.3 is 20.5 Å². The molecule has 1 amide bonds. The van der Waals surface area contributed by atoms with Gasteiger partial charge in [-0.15, -0.1) is 0 Å². The fraction of sp³-hybridized carbons (Fsp3) is 0.438. The van der Waals surface area contributed by atoms with Gasteiger partial charge in [-0.1, -0.05) is 20.3 Å². The molecule has 1 rings (SSSR count). The van der Waals surface area contributed by atoms with E-state index < -0.39 is 30.5 Å². The molecule has 7 nitrogen and oxygen atoms in total. The molecule has 0 aliphatic carbocycles. The molecule has 1 aromatic rings. The summed E-state index contributed by atoms with van der Waals surface area (Å²) in [6.45, 7) is 3.24. The third-order valence-corrected chi connectivity index (χ3v) is 3.47. The summed E-state index contributed by atoms with van der Waals surface area (Å²) >= 11 is 0. The minimum Gasteiger partial charge on any atom is -0.467 e. The maximum atomic E-state index is 11.9. The molecule has 0 saturated heterocycles. The van der Waals surface area contributed by atoms with Crippen LogP contribution >= 0.6 is 0 Å². The van der Waals surface area contributed by atoms with E-state index >= 15 is 0 Å². The van der Waals surface area contributed by atoms with Gasteiger partial charge in [0.15, 0.2) is 6.61 Å². The summed E-state index contributed by atoms with van der Waals surface area (Å²) in [5, 5.41) is 2.52. The molecule has 1 aromatic carbocycles. The molecule has 3 N–H and O–H groups in total. The van der Waals surface area contributed by atoms with Crippen molar-refractivity contribution in [3.05, 3.63) is 29.8 Å². The van der Waals surface area contributed by atoms with Crippen LogP contribution in [0.5, 0.6) is 0 Å². The van der Waals surface area contributed by atoms with Gasteiger partial charge in [-0.3, -0.25) is 4.79 Å². The zero-order chi connectivity index (χ0) is 17.4. The molecule has 0 aliphatic heterocycles. The minimum atomic E-state index is -0.771. The number of carbonyl (C=O) groups is 3. The standard InChI is InChI=1S/C16H22N2O5/c1-4-10(2)14(16(21)22-3)18-13(19)9-23-15(20)11-5-7-12(17)8-6-11/h5-8,10,14H,4,9,17H2,1-3H3,(H,18,19)/t10-,14-/m1/s1. The van der Waals surface area contributed by atoms with E-state index in [1.54, 1.807) is 12.1 Å². The second-order valence-corrected chi connectivity index (χ2v) is 5.15. The topological polar surface area (TPSA) is 108 Å². The molecule has 23 heavy (non-hydrogen) atoms. The maximum absolute atomic E-state index is 11.9. The van der Waals surface area contributed by atoms with Crippen molar-refractivity contribution < 1.29 is 23.9 Å². The van der Waals surface area contributed by atoms with E-state index in [0.717, 1.165) is 0 Å². The van der Waals surface area contributed by atoms with E-state index in [-0.39, 0.29) is 5.92 Å². The van der Waals surface area contributed by atoms with Crippen molar-refractivity contribution in [2.75, 3.05) is 19.5 Å². The van der Waals surface area contributed by atoms with Crippen LogP contribution in [0.4, 0.5) is 5.69 Å². The van der Waals surface area contributed by atoms with Gasteiger partial charge in [-0.25, -0.2) is 9.59 Å². The Labute approximate surface area is 135 Å². The highest BCUT2D eigenvalue weighted by molar-refractivity contribution is 5.92. The second kappa shape index (κ2) is 8.77. The van der Waals surface area contributed by atoms with Gasteiger partial charge in [-0.2, -0.15) is 0 Å². The number of nitrogens with two attached hydrogens (primary N) is 1. The van der Waals surface area contributed by atoms with Crippen LogP contribution in [0, 0.1) is 5.92 Å². The van der Waals surface area contributed by atoms with Crippen LogP contribution in [-0.4, -0.2) is 37.6 Å². The second-order valence-electron chi connectivity index (χ2n) is 5.15. The van der Waals surface area contributed by atoms with Gasteiger partial charge in [0.25, 0.3) is 5.91 Å². The van der Waals surface area contributed by atoms with E-state index in [4.69, 9.17) is 10.5 Å². The number of anilines is 1. The first-order valence-corrected chi connectivity index (χ1v) is 7.28. The molecule has 0 aliphatic rings. The number of hydrogen-bond donors (Lipinski definition) is 2. The van der Waals surface area contributed by atoms with E-state index in [0.29, 0.717) is 17.7 Å². The van der Waals surface area contributed by atoms with Crippen LogP contribution in [0.1, 0.15) is 30.6 Å². The monoisotopic (exact) mass is 322 g/mol. The molecule has 0 unspecified atom stereocenters. The normalized spacial score (nSPS) is 12.8. The minimum absolute atomic E-state index is 0.0980. The summed E-state index contributed by atoms with van der Waals surface area (Å²) in [5.74, 6) is -1.83. The number of hydrogen-bond acceptors (Lipinski definition) is 6. The van der Waals surface area contributed by atoms with Crippen LogP contribution < -0.4 is 11.1 Å². The Morgan fingerprint density at radius 2 is 1.83 bits per heavy atom. The predicted molar refractivity (Wildman–Crippen MR) is 84.5 cm³/mol. The summed E-state index contributed by atoms with van der Waals surface area (Å²) in [4.78, 5) is 35.3. The quantitative estimate of drug-likeness (QED) is 0.575. The largest absolute Gasteiger partial charge is 0.467 e. The van der Waals surface area contributed by atoms with Crippen LogP contribution in [-0.2, 0) is 19.1 Å². The lowest BCUT2D eigenvalue weighted by Gasteiger charge is -2.21. The highest BCUT2D eigenvalue weighted by Gasteiger charge is 2.26. The molecule has 7 heteroatoms. The van der Waals surface area contributed by atoms with E-state index in [9.17, 15) is 14.4 Å². The smallest absolute Gasteiger partial charge is 0.338 e. The number of nitrogen functional groups attached to an aromatic ring is 1. The zero-order valence-corrected chi connectivity index (χ0v) is 13.5. The molecule has 0 aromatic heterocycles. The molecule has 0 saturated carbocycles. The number of amides is 1. The summed E-state index contributed by atoms with van der Waals surface area (Å²) in [6.07, 6.45) is 0.686. The summed E-state index contributed by atoms with van der Waals surface area (Å²) in [7, 11) is 1.25. The number of nitrogens with one attached hydrogen (secondary N) is 1. The van der Waals surface area contributed by atoms with Gasteiger partial charge in [0.2, 0.25) is 0 Å². The van der Waals surface area contributed by atoms with Crippen molar-refractivity contribution >= 4 is 23.5 Å². The number of rotatable bonds is 7. The van der Waals surface area contributed by atoms with Crippen LogP contribution in [0.25, 0.3) is 0 Å². The van der Waals surface area contributed by atoms with Crippen molar-refractivity contribution in [2.45, 2.75) is 26.3 Å². The number of ether oxygens (including phenoxy) is 2. The summed E-state index contributed by atoms with van der Waals surface area (Å²) in [6, 6.07) is 5.37. The molecule has 0 spiro atoms. The molecule has 0 radical (unpaired) electrons. The Morgan fingerprint density at radius 1 is 1.22 bits per heavy atom. The molecule has 0 heterocycles. The van der Waals surface area contributed by atoms with Crippen molar-refractivity contribution in [3.8, 4) is 0 Å². The van der Waals surface area contributed by atoms with Crippen LogP contribution in [0.3, 0.4) is 0 Å². The van der Waals surface area contributed by atoms with Crippen molar-refractivity contribution in [3.63, 3.8) is 0 Å². The lowest BCUT2D eigenvalue weighted by molar-refractivity contribution is -0.147. The Kier molecular flexibility index (Phi) is 7.05. The molecule has 126 valence electrons. The fourth-order valence-corrected chi connectivity index (χ4v) is 1.84. The number of esters is 2. The third-order valence-electron chi connectivity index (χ3n) is 3.47. The fourth-order valence-electron chi connectivity index (χ4n) is 1.84. The van der Waals surface area contributed by atoms with Crippen molar-refractivity contribution in [2.24, 2.45) is 5.92 Å². The summed E-state index contributed by atoms with van der Waals surface area (Å²) < 4.78 is 9.58. The highest BCUT2D eigenvalue weighted by Crippen LogP contribution is 2.10. The van der Waals surface area contributed by atoms with E-state index in [1.807, 2.05) is 13.8 Å². The first-order valence-electron chi connectivity index (χ1n) is 7.28. The van der Waals surface area contributed by atoms with Gasteiger partial charge in [0.1, 0.15) is 6.04 Å².